The number of anilines is 1. The third kappa shape index (κ3) is 2.59. The van der Waals surface area contributed by atoms with Gasteiger partial charge < -0.3 is 5.32 Å². The molecule has 0 fully saturated rings. The lowest BCUT2D eigenvalue weighted by atomic mass is 9.87. The predicted octanol–water partition coefficient (Wildman–Crippen LogP) is 3.55. The SMILES string of the molecule is O=c1[nH]c(NC2CCCc3ccc(F)cc32)nc2ccccc12. The number of hydrogen-bond donors (Lipinski definition) is 2. The van der Waals surface area contributed by atoms with Crippen molar-refractivity contribution in [1.29, 1.82) is 0 Å². The minimum atomic E-state index is -0.239. The van der Waals surface area contributed by atoms with Crippen molar-refractivity contribution in [3.63, 3.8) is 0 Å². The Morgan fingerprint density at radius 2 is 2.09 bits per heavy atom. The van der Waals surface area contributed by atoms with Gasteiger partial charge in [0, 0.05) is 0 Å². The molecule has 0 amide bonds. The van der Waals surface area contributed by atoms with E-state index in [1.807, 2.05) is 24.3 Å². The molecule has 0 aliphatic heterocycles. The summed E-state index contributed by atoms with van der Waals surface area (Å²) < 4.78 is 13.6. The Morgan fingerprint density at radius 3 is 3.00 bits per heavy atom. The first kappa shape index (κ1) is 13.9. The van der Waals surface area contributed by atoms with Crippen molar-refractivity contribution < 1.29 is 4.39 Å². The highest BCUT2D eigenvalue weighted by Crippen LogP contribution is 2.32. The number of aryl methyl sites for hydroxylation is 1. The molecule has 1 atom stereocenters. The van der Waals surface area contributed by atoms with Gasteiger partial charge in [0.25, 0.3) is 5.56 Å². The standard InChI is InChI=1S/C18H16FN3O/c19-12-9-8-11-4-3-7-16(14(11)10-12)21-18-20-15-6-2-1-5-13(15)17(23)22-18/h1-2,5-6,8-10,16H,3-4,7H2,(H2,20,21,22,23). The van der Waals surface area contributed by atoms with Crippen LogP contribution in [0.1, 0.15) is 30.0 Å². The fourth-order valence-electron chi connectivity index (χ4n) is 3.24. The van der Waals surface area contributed by atoms with Crippen molar-refractivity contribution in [3.05, 3.63) is 69.8 Å². The van der Waals surface area contributed by atoms with Crippen LogP contribution in [0.2, 0.25) is 0 Å². The van der Waals surface area contributed by atoms with Gasteiger partial charge in [-0.15, -0.1) is 0 Å². The molecule has 4 rings (SSSR count). The topological polar surface area (TPSA) is 57.8 Å². The summed E-state index contributed by atoms with van der Waals surface area (Å²) in [5.41, 5.74) is 2.58. The minimum absolute atomic E-state index is 0.0428. The number of nitrogens with one attached hydrogen (secondary N) is 2. The third-order valence-electron chi connectivity index (χ3n) is 4.35. The van der Waals surface area contributed by atoms with E-state index in [4.69, 9.17) is 0 Å². The lowest BCUT2D eigenvalue weighted by Crippen LogP contribution is -2.21. The summed E-state index contributed by atoms with van der Waals surface area (Å²) in [6.45, 7) is 0. The molecule has 1 aliphatic rings. The average Bonchev–Trinajstić information content (AvgIpc) is 2.55. The monoisotopic (exact) mass is 309 g/mol. The molecule has 1 heterocycles. The van der Waals surface area contributed by atoms with Gasteiger partial charge >= 0.3 is 0 Å². The van der Waals surface area contributed by atoms with E-state index in [2.05, 4.69) is 15.3 Å². The third-order valence-corrected chi connectivity index (χ3v) is 4.35. The zero-order valence-electron chi connectivity index (χ0n) is 12.5. The average molecular weight is 309 g/mol. The molecule has 1 aliphatic carbocycles. The van der Waals surface area contributed by atoms with Crippen molar-refractivity contribution >= 4 is 16.9 Å². The molecule has 5 heteroatoms. The maximum absolute atomic E-state index is 13.6. The lowest BCUT2D eigenvalue weighted by molar-refractivity contribution is 0.577. The highest BCUT2D eigenvalue weighted by molar-refractivity contribution is 5.78. The van der Waals surface area contributed by atoms with Crippen molar-refractivity contribution in [2.75, 3.05) is 5.32 Å². The number of aromatic amines is 1. The Kier molecular flexibility index (Phi) is 3.33. The van der Waals surface area contributed by atoms with E-state index in [9.17, 15) is 9.18 Å². The molecule has 116 valence electrons. The number of rotatable bonds is 2. The number of nitrogens with zero attached hydrogens (tertiary/aromatic N) is 1. The number of fused-ring (bicyclic) bond motifs is 2. The van der Waals surface area contributed by atoms with Gasteiger partial charge in [0.05, 0.1) is 16.9 Å². The van der Waals surface area contributed by atoms with Crippen LogP contribution in [0.25, 0.3) is 10.9 Å². The lowest BCUT2D eigenvalue weighted by Gasteiger charge is -2.26. The highest BCUT2D eigenvalue weighted by Gasteiger charge is 2.21. The summed E-state index contributed by atoms with van der Waals surface area (Å²) in [6, 6.07) is 12.1. The highest BCUT2D eigenvalue weighted by atomic mass is 19.1. The van der Waals surface area contributed by atoms with Crippen LogP contribution >= 0.6 is 0 Å². The molecule has 0 saturated carbocycles. The Morgan fingerprint density at radius 1 is 1.22 bits per heavy atom. The van der Waals surface area contributed by atoms with Gasteiger partial charge in [-0.2, -0.15) is 0 Å². The number of benzene rings is 2. The van der Waals surface area contributed by atoms with E-state index in [0.717, 1.165) is 30.4 Å². The molecule has 3 aromatic rings. The van der Waals surface area contributed by atoms with E-state index in [-0.39, 0.29) is 17.4 Å². The smallest absolute Gasteiger partial charge is 0.260 e. The van der Waals surface area contributed by atoms with Crippen molar-refractivity contribution in [2.45, 2.75) is 25.3 Å². The van der Waals surface area contributed by atoms with E-state index < -0.39 is 0 Å². The number of halogens is 1. The van der Waals surface area contributed by atoms with Crippen molar-refractivity contribution in [2.24, 2.45) is 0 Å². The minimum Gasteiger partial charge on any atom is -0.349 e. The van der Waals surface area contributed by atoms with Crippen LogP contribution in [0.15, 0.2) is 47.3 Å². The normalized spacial score (nSPS) is 17.0. The molecule has 0 saturated heterocycles. The largest absolute Gasteiger partial charge is 0.349 e. The molecular formula is C18H16FN3O. The molecule has 2 aromatic carbocycles. The van der Waals surface area contributed by atoms with Crippen LogP contribution < -0.4 is 10.9 Å². The quantitative estimate of drug-likeness (QED) is 0.761. The maximum atomic E-state index is 13.6. The van der Waals surface area contributed by atoms with Crippen molar-refractivity contribution in [1.82, 2.24) is 9.97 Å². The molecule has 1 unspecified atom stereocenters. The van der Waals surface area contributed by atoms with Gasteiger partial charge in [0.2, 0.25) is 5.95 Å². The zero-order valence-corrected chi connectivity index (χ0v) is 12.5. The Hall–Kier alpha value is -2.69. The fraction of sp³-hybridized carbons (Fsp3) is 0.222. The van der Waals surface area contributed by atoms with Gasteiger partial charge in [-0.3, -0.25) is 9.78 Å². The second-order valence-corrected chi connectivity index (χ2v) is 5.86. The second kappa shape index (κ2) is 5.50. The molecule has 2 N–H and O–H groups in total. The number of hydrogen-bond acceptors (Lipinski definition) is 3. The number of para-hydroxylation sites is 1. The van der Waals surface area contributed by atoms with Gasteiger partial charge in [0.1, 0.15) is 5.82 Å². The zero-order chi connectivity index (χ0) is 15.8. The molecule has 0 bridgehead atoms. The van der Waals surface area contributed by atoms with Crippen molar-refractivity contribution in [3.8, 4) is 0 Å². The maximum Gasteiger partial charge on any atom is 0.260 e. The van der Waals surface area contributed by atoms with Crippen LogP contribution in [-0.2, 0) is 6.42 Å². The van der Waals surface area contributed by atoms with Gasteiger partial charge in [-0.1, -0.05) is 18.2 Å². The molecule has 0 radical (unpaired) electrons. The number of H-pyrrole nitrogens is 1. The van der Waals surface area contributed by atoms with Crippen LogP contribution in [0.3, 0.4) is 0 Å². The van der Waals surface area contributed by atoms with E-state index >= 15 is 0 Å². The van der Waals surface area contributed by atoms with E-state index in [0.29, 0.717) is 16.9 Å². The number of aromatic nitrogens is 2. The van der Waals surface area contributed by atoms with Crippen LogP contribution in [0.4, 0.5) is 10.3 Å². The van der Waals surface area contributed by atoms with E-state index in [1.54, 1.807) is 12.1 Å². The van der Waals surface area contributed by atoms with E-state index in [1.165, 1.54) is 6.07 Å². The Bertz CT molecular complexity index is 935. The summed E-state index contributed by atoms with van der Waals surface area (Å²) in [7, 11) is 0. The molecule has 1 aromatic heterocycles. The summed E-state index contributed by atoms with van der Waals surface area (Å²) >= 11 is 0. The molecule has 0 spiro atoms. The molecule has 4 nitrogen and oxygen atoms in total. The summed E-state index contributed by atoms with van der Waals surface area (Å²) in [5.74, 6) is 0.188. The predicted molar refractivity (Wildman–Crippen MR) is 88.1 cm³/mol. The first-order chi connectivity index (χ1) is 11.2. The van der Waals surface area contributed by atoms with Gasteiger partial charge in [-0.25, -0.2) is 9.37 Å². The first-order valence-corrected chi connectivity index (χ1v) is 7.74. The fourth-order valence-corrected chi connectivity index (χ4v) is 3.24. The van der Waals surface area contributed by atoms with Crippen LogP contribution in [0.5, 0.6) is 0 Å². The summed E-state index contributed by atoms with van der Waals surface area (Å²) in [5, 5.41) is 3.83. The summed E-state index contributed by atoms with van der Waals surface area (Å²) in [6.07, 6.45) is 2.86. The first-order valence-electron chi connectivity index (χ1n) is 7.74. The molecular weight excluding hydrogens is 293 g/mol. The molecule has 23 heavy (non-hydrogen) atoms. The second-order valence-electron chi connectivity index (χ2n) is 5.86. The van der Waals surface area contributed by atoms with Gasteiger partial charge in [0.15, 0.2) is 0 Å². The Labute approximate surface area is 132 Å². The van der Waals surface area contributed by atoms with Crippen LogP contribution in [0, 0.1) is 5.82 Å². The van der Waals surface area contributed by atoms with Gasteiger partial charge in [-0.05, 0) is 54.7 Å². The Balaban J connectivity index is 1.72. The van der Waals surface area contributed by atoms with Crippen LogP contribution in [-0.4, -0.2) is 9.97 Å². The summed E-state index contributed by atoms with van der Waals surface area (Å²) in [4.78, 5) is 19.4.